The summed E-state index contributed by atoms with van der Waals surface area (Å²) in [5.41, 5.74) is 0.718. The quantitative estimate of drug-likeness (QED) is 0.606. The van der Waals surface area contributed by atoms with Gasteiger partial charge in [0.05, 0.1) is 18.8 Å². The van der Waals surface area contributed by atoms with Crippen molar-refractivity contribution in [3.63, 3.8) is 0 Å². The molecule has 0 radical (unpaired) electrons. The molecule has 7 nitrogen and oxygen atoms in total. The van der Waals surface area contributed by atoms with E-state index in [0.29, 0.717) is 19.2 Å². The van der Waals surface area contributed by atoms with Crippen LogP contribution in [0.1, 0.15) is 28.8 Å². The zero-order chi connectivity index (χ0) is 22.8. The summed E-state index contributed by atoms with van der Waals surface area (Å²) < 4.78 is 32.1. The lowest BCUT2D eigenvalue weighted by atomic mass is 10.2. The number of pyridine rings is 1. The van der Waals surface area contributed by atoms with Crippen molar-refractivity contribution in [1.82, 2.24) is 20.1 Å². The number of ether oxygens (including phenoxy) is 1. The molecule has 1 saturated heterocycles. The van der Waals surface area contributed by atoms with Gasteiger partial charge in [-0.1, -0.05) is 0 Å². The maximum absolute atomic E-state index is 13.8. The van der Waals surface area contributed by atoms with Crippen LogP contribution in [0.25, 0.3) is 0 Å². The first-order chi connectivity index (χ1) is 15.5. The normalized spacial score (nSPS) is 14.2. The van der Waals surface area contributed by atoms with E-state index in [1.807, 2.05) is 12.1 Å². The Bertz CT molecular complexity index is 892. The van der Waals surface area contributed by atoms with Crippen LogP contribution in [0.2, 0.25) is 0 Å². The van der Waals surface area contributed by atoms with Crippen LogP contribution in [0.15, 0.2) is 42.7 Å². The Hall–Kier alpha value is -2.91. The van der Waals surface area contributed by atoms with Gasteiger partial charge < -0.3 is 15.0 Å². The number of nitrogens with one attached hydrogen (secondary N) is 1. The van der Waals surface area contributed by atoms with E-state index >= 15 is 0 Å². The van der Waals surface area contributed by atoms with Crippen molar-refractivity contribution in [2.24, 2.45) is 0 Å². The lowest BCUT2D eigenvalue weighted by Gasteiger charge is -2.28. The monoisotopic (exact) mass is 446 g/mol. The van der Waals surface area contributed by atoms with Gasteiger partial charge >= 0.3 is 0 Å². The fraction of sp³-hybridized carbons (Fsp3) is 0.435. The van der Waals surface area contributed by atoms with Crippen molar-refractivity contribution < 1.29 is 23.1 Å². The van der Waals surface area contributed by atoms with Crippen molar-refractivity contribution >= 4 is 11.8 Å². The van der Waals surface area contributed by atoms with E-state index in [2.05, 4.69) is 15.2 Å². The molecule has 0 aliphatic carbocycles. The molecule has 1 fully saturated rings. The minimum absolute atomic E-state index is 0.0603. The summed E-state index contributed by atoms with van der Waals surface area (Å²) in [6, 6.07) is 6.49. The zero-order valence-corrected chi connectivity index (χ0v) is 17.9. The fourth-order valence-corrected chi connectivity index (χ4v) is 3.52. The molecule has 1 aromatic carbocycles. The molecule has 0 spiro atoms. The molecule has 1 aromatic heterocycles. The average Bonchev–Trinajstić information content (AvgIpc) is 2.79. The third-order valence-corrected chi connectivity index (χ3v) is 5.28. The number of halogens is 2. The molecule has 1 aliphatic rings. The minimum Gasteiger partial charge on any atom is -0.379 e. The van der Waals surface area contributed by atoms with Crippen LogP contribution >= 0.6 is 0 Å². The molecular formula is C23H28F2N4O3. The highest BCUT2D eigenvalue weighted by molar-refractivity contribution is 5.94. The Morgan fingerprint density at radius 2 is 1.88 bits per heavy atom. The molecule has 1 aliphatic heterocycles. The van der Waals surface area contributed by atoms with Gasteiger partial charge in [-0.05, 0) is 36.2 Å². The number of carbonyl (C=O) groups excluding carboxylic acids is 2. The van der Waals surface area contributed by atoms with Gasteiger partial charge in [0.25, 0.3) is 5.91 Å². The van der Waals surface area contributed by atoms with Gasteiger partial charge in [-0.15, -0.1) is 0 Å². The third-order valence-electron chi connectivity index (χ3n) is 5.28. The van der Waals surface area contributed by atoms with Crippen LogP contribution < -0.4 is 5.32 Å². The predicted octanol–water partition coefficient (Wildman–Crippen LogP) is 2.23. The van der Waals surface area contributed by atoms with Crippen molar-refractivity contribution in [2.45, 2.75) is 19.4 Å². The first-order valence-corrected chi connectivity index (χ1v) is 10.7. The summed E-state index contributed by atoms with van der Waals surface area (Å²) in [6.45, 7) is 5.22. The molecule has 0 atom stereocenters. The zero-order valence-electron chi connectivity index (χ0n) is 17.9. The SMILES string of the molecule is O=C(NCCC(=O)N(CCCN1CCOCC1)Cc1ccncc1)c1ccc(F)cc1F. The molecule has 0 saturated carbocycles. The average molecular weight is 446 g/mol. The van der Waals surface area contributed by atoms with Crippen molar-refractivity contribution in [2.75, 3.05) is 45.9 Å². The van der Waals surface area contributed by atoms with Crippen molar-refractivity contribution in [3.8, 4) is 0 Å². The molecule has 1 N–H and O–H groups in total. The number of morpholine rings is 1. The van der Waals surface area contributed by atoms with Gasteiger partial charge in [-0.2, -0.15) is 0 Å². The molecule has 2 aromatic rings. The summed E-state index contributed by atoms with van der Waals surface area (Å²) in [5, 5.41) is 2.54. The summed E-state index contributed by atoms with van der Waals surface area (Å²) in [6.07, 6.45) is 4.27. The lowest BCUT2D eigenvalue weighted by molar-refractivity contribution is -0.131. The van der Waals surface area contributed by atoms with Crippen molar-refractivity contribution in [3.05, 3.63) is 65.5 Å². The summed E-state index contributed by atoms with van der Waals surface area (Å²) in [4.78, 5) is 33.1. The van der Waals surface area contributed by atoms with Crippen LogP contribution in [-0.4, -0.2) is 72.5 Å². The van der Waals surface area contributed by atoms with Gasteiger partial charge in [0.1, 0.15) is 11.6 Å². The Morgan fingerprint density at radius 1 is 1.12 bits per heavy atom. The van der Waals surface area contributed by atoms with Gasteiger partial charge in [0.2, 0.25) is 5.91 Å². The lowest BCUT2D eigenvalue weighted by Crippen LogP contribution is -2.39. The highest BCUT2D eigenvalue weighted by Crippen LogP contribution is 2.10. The largest absolute Gasteiger partial charge is 0.379 e. The highest BCUT2D eigenvalue weighted by Gasteiger charge is 2.17. The maximum Gasteiger partial charge on any atom is 0.254 e. The Morgan fingerprint density at radius 3 is 2.59 bits per heavy atom. The third kappa shape index (κ3) is 7.35. The van der Waals surface area contributed by atoms with E-state index in [9.17, 15) is 18.4 Å². The standard InChI is InChI=1S/C23H28F2N4O3/c24-19-2-3-20(21(25)16-19)23(31)27-9-6-22(30)29(17-18-4-7-26-8-5-18)11-1-10-28-12-14-32-15-13-28/h2-5,7-8,16H,1,6,9-15,17H2,(H,27,31). The molecule has 172 valence electrons. The highest BCUT2D eigenvalue weighted by atomic mass is 19.1. The van der Waals surface area contributed by atoms with Crippen molar-refractivity contribution in [1.29, 1.82) is 0 Å². The maximum atomic E-state index is 13.8. The minimum atomic E-state index is -0.934. The molecule has 9 heteroatoms. The fourth-order valence-electron chi connectivity index (χ4n) is 3.52. The first kappa shape index (κ1) is 23.7. The molecule has 0 bridgehead atoms. The second-order valence-electron chi connectivity index (χ2n) is 7.61. The number of nitrogens with zero attached hydrogens (tertiary/aromatic N) is 3. The van der Waals surface area contributed by atoms with E-state index in [1.54, 1.807) is 17.3 Å². The number of benzene rings is 1. The smallest absolute Gasteiger partial charge is 0.254 e. The topological polar surface area (TPSA) is 74.8 Å². The number of rotatable bonds is 10. The predicted molar refractivity (Wildman–Crippen MR) is 115 cm³/mol. The number of amides is 2. The van der Waals surface area contributed by atoms with Crippen LogP contribution in [0.3, 0.4) is 0 Å². The van der Waals surface area contributed by atoms with E-state index in [-0.39, 0.29) is 24.4 Å². The second kappa shape index (κ2) is 12.2. The van der Waals surface area contributed by atoms with E-state index < -0.39 is 17.5 Å². The van der Waals surface area contributed by atoms with Crippen LogP contribution in [0.5, 0.6) is 0 Å². The van der Waals surface area contributed by atoms with Crippen LogP contribution in [0.4, 0.5) is 8.78 Å². The molecule has 32 heavy (non-hydrogen) atoms. The molecule has 2 amide bonds. The van der Waals surface area contributed by atoms with Gasteiger partial charge in [0.15, 0.2) is 0 Å². The number of hydrogen-bond donors (Lipinski definition) is 1. The molecular weight excluding hydrogens is 418 g/mol. The second-order valence-corrected chi connectivity index (χ2v) is 7.61. The van der Waals surface area contributed by atoms with E-state index in [4.69, 9.17) is 4.74 Å². The van der Waals surface area contributed by atoms with Gasteiger partial charge in [0, 0.05) is 64.1 Å². The molecule has 2 heterocycles. The summed E-state index contributed by atoms with van der Waals surface area (Å²) in [5.74, 6) is -2.47. The number of carbonyl (C=O) groups is 2. The van der Waals surface area contributed by atoms with Gasteiger partial charge in [-0.25, -0.2) is 8.78 Å². The number of aromatic nitrogens is 1. The van der Waals surface area contributed by atoms with E-state index in [0.717, 1.165) is 57.0 Å². The van der Waals surface area contributed by atoms with Crippen LogP contribution in [0, 0.1) is 11.6 Å². The van der Waals surface area contributed by atoms with E-state index in [1.165, 1.54) is 0 Å². The first-order valence-electron chi connectivity index (χ1n) is 10.7. The Kier molecular flexibility index (Phi) is 9.06. The number of hydrogen-bond acceptors (Lipinski definition) is 5. The molecule has 3 rings (SSSR count). The Labute approximate surface area is 186 Å². The summed E-state index contributed by atoms with van der Waals surface area (Å²) >= 11 is 0. The Balaban J connectivity index is 1.51. The molecule has 0 unspecified atom stereocenters. The van der Waals surface area contributed by atoms with Crippen LogP contribution in [-0.2, 0) is 16.1 Å². The van der Waals surface area contributed by atoms with Gasteiger partial charge in [-0.3, -0.25) is 19.5 Å². The summed E-state index contributed by atoms with van der Waals surface area (Å²) in [7, 11) is 0.